The van der Waals surface area contributed by atoms with Crippen LogP contribution in [0.2, 0.25) is 5.02 Å². The Kier molecular flexibility index (Phi) is 4.99. The van der Waals surface area contributed by atoms with Crippen LogP contribution >= 0.6 is 11.6 Å². The predicted octanol–water partition coefficient (Wildman–Crippen LogP) is 5.24. The molecule has 0 atom stereocenters. The molecule has 1 heterocycles. The summed E-state index contributed by atoms with van der Waals surface area (Å²) >= 11 is 6.14. The Balaban J connectivity index is 2.00. The molecule has 0 bridgehead atoms. The summed E-state index contributed by atoms with van der Waals surface area (Å²) in [6.45, 7) is 3.64. The van der Waals surface area contributed by atoms with Gasteiger partial charge in [0.25, 0.3) is 0 Å². The van der Waals surface area contributed by atoms with Crippen LogP contribution < -0.4 is 9.47 Å². The fraction of sp³-hybridized carbons (Fsp3) is 0.111. The van der Waals surface area contributed by atoms with E-state index in [0.717, 1.165) is 17.5 Å². The smallest absolute Gasteiger partial charge is 0.393 e. The molecule has 7 nitrogen and oxygen atoms in total. The monoisotopic (exact) mass is 371 g/mol. The lowest BCUT2D eigenvalue weighted by Gasteiger charge is -2.10. The molecule has 0 aliphatic carbocycles. The van der Waals surface area contributed by atoms with Crippen LogP contribution in [0.1, 0.15) is 11.1 Å². The Morgan fingerprint density at radius 2 is 1.50 bits per heavy atom. The number of para-hydroxylation sites is 1. The Bertz CT molecular complexity index is 941. The summed E-state index contributed by atoms with van der Waals surface area (Å²) in [6, 6.07) is 12.0. The van der Waals surface area contributed by atoms with Crippen molar-refractivity contribution in [3.63, 3.8) is 0 Å². The summed E-state index contributed by atoms with van der Waals surface area (Å²) in [5.74, 6) is 0.390. The van der Waals surface area contributed by atoms with Crippen LogP contribution in [0.25, 0.3) is 0 Å². The number of ether oxygens (including phenoxy) is 2. The Morgan fingerprint density at radius 1 is 0.962 bits per heavy atom. The summed E-state index contributed by atoms with van der Waals surface area (Å²) in [5, 5.41) is 12.2. The molecule has 0 unspecified atom stereocenters. The van der Waals surface area contributed by atoms with Gasteiger partial charge in [-0.25, -0.2) is 0 Å². The molecule has 0 fully saturated rings. The quantitative estimate of drug-likeness (QED) is 0.450. The van der Waals surface area contributed by atoms with Gasteiger partial charge < -0.3 is 9.47 Å². The second-order valence-electron chi connectivity index (χ2n) is 5.48. The fourth-order valence-corrected chi connectivity index (χ4v) is 2.44. The molecule has 132 valence electrons. The number of halogens is 1. The molecule has 2 aromatic carbocycles. The second kappa shape index (κ2) is 7.37. The molecule has 8 heteroatoms. The van der Waals surface area contributed by atoms with E-state index >= 15 is 0 Å². The minimum atomic E-state index is -0.636. The first-order valence-electron chi connectivity index (χ1n) is 7.62. The van der Waals surface area contributed by atoms with Crippen molar-refractivity contribution in [1.82, 2.24) is 9.97 Å². The van der Waals surface area contributed by atoms with E-state index in [4.69, 9.17) is 21.1 Å². The van der Waals surface area contributed by atoms with E-state index in [1.165, 1.54) is 0 Å². The molecule has 0 spiro atoms. The molecule has 0 aliphatic heterocycles. The summed E-state index contributed by atoms with van der Waals surface area (Å²) in [7, 11) is 0. The van der Waals surface area contributed by atoms with Crippen LogP contribution in [-0.2, 0) is 0 Å². The first kappa shape index (κ1) is 17.6. The van der Waals surface area contributed by atoms with E-state index in [-0.39, 0.29) is 11.8 Å². The average molecular weight is 372 g/mol. The van der Waals surface area contributed by atoms with Gasteiger partial charge in [-0.3, -0.25) is 10.1 Å². The van der Waals surface area contributed by atoms with E-state index in [1.807, 2.05) is 13.8 Å². The van der Waals surface area contributed by atoms with Crippen LogP contribution in [0.5, 0.6) is 23.3 Å². The van der Waals surface area contributed by atoms with Crippen molar-refractivity contribution in [2.75, 3.05) is 0 Å². The van der Waals surface area contributed by atoms with Crippen molar-refractivity contribution in [3.05, 3.63) is 75.1 Å². The largest absolute Gasteiger partial charge is 0.433 e. The van der Waals surface area contributed by atoms with Crippen molar-refractivity contribution >= 4 is 17.3 Å². The maximum atomic E-state index is 11.6. The molecule has 3 rings (SSSR count). The summed E-state index contributed by atoms with van der Waals surface area (Å²) in [5.41, 5.74) is 1.12. The molecule has 0 radical (unpaired) electrons. The molecule has 0 aliphatic rings. The second-order valence-corrected chi connectivity index (χ2v) is 5.86. The Labute approximate surface area is 154 Å². The number of hydrogen-bond acceptors (Lipinski definition) is 6. The van der Waals surface area contributed by atoms with Gasteiger partial charge in [-0.2, -0.15) is 9.97 Å². The van der Waals surface area contributed by atoms with Gasteiger partial charge in [0.05, 0.1) is 4.92 Å². The zero-order valence-electron chi connectivity index (χ0n) is 14.0. The number of rotatable bonds is 5. The van der Waals surface area contributed by atoms with Crippen LogP contribution in [0.3, 0.4) is 0 Å². The van der Waals surface area contributed by atoms with Gasteiger partial charge in [0.1, 0.15) is 17.8 Å². The normalized spacial score (nSPS) is 10.4. The molecule has 0 saturated carbocycles. The number of nitro groups is 1. The minimum Gasteiger partial charge on any atom is -0.433 e. The number of aromatic nitrogens is 2. The highest BCUT2D eigenvalue weighted by molar-refractivity contribution is 6.32. The third-order valence-electron chi connectivity index (χ3n) is 3.52. The minimum absolute atomic E-state index is 0.200. The maximum absolute atomic E-state index is 11.6. The van der Waals surface area contributed by atoms with E-state index in [0.29, 0.717) is 16.5 Å². The van der Waals surface area contributed by atoms with Gasteiger partial charge in [0.2, 0.25) is 0 Å². The summed E-state index contributed by atoms with van der Waals surface area (Å²) in [4.78, 5) is 18.7. The highest BCUT2D eigenvalue weighted by Gasteiger charge is 2.27. The number of benzene rings is 2. The zero-order chi connectivity index (χ0) is 18.7. The van der Waals surface area contributed by atoms with E-state index in [9.17, 15) is 10.1 Å². The summed E-state index contributed by atoms with van der Waals surface area (Å²) < 4.78 is 11.2. The van der Waals surface area contributed by atoms with Crippen LogP contribution in [0, 0.1) is 24.0 Å². The predicted molar refractivity (Wildman–Crippen MR) is 96.2 cm³/mol. The van der Waals surface area contributed by atoms with Gasteiger partial charge in [-0.1, -0.05) is 29.8 Å². The molecule has 26 heavy (non-hydrogen) atoms. The number of hydrogen-bond donors (Lipinski definition) is 0. The first-order chi connectivity index (χ1) is 12.5. The van der Waals surface area contributed by atoms with Crippen molar-refractivity contribution in [1.29, 1.82) is 0 Å². The number of aryl methyl sites for hydroxylation is 2. The maximum Gasteiger partial charge on any atom is 0.393 e. The van der Waals surface area contributed by atoms with E-state index in [2.05, 4.69) is 9.97 Å². The molecule has 0 saturated heterocycles. The van der Waals surface area contributed by atoms with E-state index in [1.54, 1.807) is 42.5 Å². The molecule has 3 aromatic rings. The van der Waals surface area contributed by atoms with Crippen molar-refractivity contribution in [3.8, 4) is 23.3 Å². The highest BCUT2D eigenvalue weighted by atomic mass is 35.5. The molecule has 0 amide bonds. The highest BCUT2D eigenvalue weighted by Crippen LogP contribution is 2.38. The van der Waals surface area contributed by atoms with Gasteiger partial charge >= 0.3 is 17.4 Å². The standard InChI is InChI=1S/C18H14ClN3O4/c1-11-8-14(9-12(2)15(11)19)26-18-16(22(23)24)17(20-10-21-18)25-13-6-4-3-5-7-13/h3-10H,1-2H3. The first-order valence-corrected chi connectivity index (χ1v) is 8.00. The van der Waals surface area contributed by atoms with Gasteiger partial charge in [-0.05, 0) is 49.2 Å². The molecular formula is C18H14ClN3O4. The SMILES string of the molecule is Cc1cc(Oc2ncnc(Oc3ccccc3)c2[N+](=O)[O-])cc(C)c1Cl. The third-order valence-corrected chi connectivity index (χ3v) is 4.12. The van der Waals surface area contributed by atoms with Crippen molar-refractivity contribution in [2.24, 2.45) is 0 Å². The lowest BCUT2D eigenvalue weighted by Crippen LogP contribution is -2.01. The van der Waals surface area contributed by atoms with Gasteiger partial charge in [-0.15, -0.1) is 0 Å². The lowest BCUT2D eigenvalue weighted by molar-refractivity contribution is -0.387. The van der Waals surface area contributed by atoms with Crippen molar-refractivity contribution in [2.45, 2.75) is 13.8 Å². The lowest BCUT2D eigenvalue weighted by atomic mass is 10.1. The van der Waals surface area contributed by atoms with Crippen LogP contribution in [0.15, 0.2) is 48.8 Å². The molecule has 1 aromatic heterocycles. The Morgan fingerprint density at radius 3 is 2.04 bits per heavy atom. The molecular weight excluding hydrogens is 358 g/mol. The fourth-order valence-electron chi connectivity index (χ4n) is 2.33. The van der Waals surface area contributed by atoms with Crippen molar-refractivity contribution < 1.29 is 14.4 Å². The van der Waals surface area contributed by atoms with E-state index < -0.39 is 10.6 Å². The number of nitrogens with zero attached hydrogens (tertiary/aromatic N) is 3. The third kappa shape index (κ3) is 3.73. The average Bonchev–Trinajstić information content (AvgIpc) is 2.60. The Hall–Kier alpha value is -3.19. The van der Waals surface area contributed by atoms with Crippen LogP contribution in [0.4, 0.5) is 5.69 Å². The molecule has 0 N–H and O–H groups in total. The zero-order valence-corrected chi connectivity index (χ0v) is 14.7. The van der Waals surface area contributed by atoms with Gasteiger partial charge in [0, 0.05) is 5.02 Å². The van der Waals surface area contributed by atoms with Gasteiger partial charge in [0.15, 0.2) is 0 Å². The topological polar surface area (TPSA) is 87.4 Å². The summed E-state index contributed by atoms with van der Waals surface area (Å²) in [6.07, 6.45) is 1.15. The van der Waals surface area contributed by atoms with Crippen LogP contribution in [-0.4, -0.2) is 14.9 Å².